The Morgan fingerprint density at radius 2 is 1.79 bits per heavy atom. The molecule has 29 heavy (non-hydrogen) atoms. The summed E-state index contributed by atoms with van der Waals surface area (Å²) in [4.78, 5) is 14.6. The summed E-state index contributed by atoms with van der Waals surface area (Å²) < 4.78 is 0. The molecule has 1 aliphatic rings. The van der Waals surface area contributed by atoms with E-state index < -0.39 is 0 Å². The van der Waals surface area contributed by atoms with E-state index in [-0.39, 0.29) is 5.91 Å². The first-order chi connectivity index (χ1) is 14.2. The Labute approximate surface area is 186 Å². The molecule has 0 radical (unpaired) electrons. The van der Waals surface area contributed by atoms with Crippen LogP contribution >= 0.6 is 23.2 Å². The Bertz CT molecular complexity index is 628. The standard InChI is InChI=1S/C23H35Cl2N3O/c1-2-3-4-5-6-8-19-9-7-10-22(19)26-27-23(29)20-11-13-21(14-12-20)28(17-15-24)18-16-25/h11-14,19H,2-10,15-18H2,1H3,(H,27,29)/b26-22+/t19-/m1/s1. The van der Waals surface area contributed by atoms with Gasteiger partial charge < -0.3 is 4.90 Å². The first-order valence-electron chi connectivity index (χ1n) is 11.0. The molecule has 1 aliphatic carbocycles. The number of halogens is 2. The molecule has 0 heterocycles. The third-order valence-electron chi connectivity index (χ3n) is 5.62. The zero-order valence-electron chi connectivity index (χ0n) is 17.6. The fourth-order valence-electron chi connectivity index (χ4n) is 3.94. The predicted octanol–water partition coefficient (Wildman–Crippen LogP) is 6.22. The summed E-state index contributed by atoms with van der Waals surface area (Å²) in [7, 11) is 0. The number of carbonyl (C=O) groups is 1. The van der Waals surface area contributed by atoms with Crippen LogP contribution in [0.3, 0.4) is 0 Å². The summed E-state index contributed by atoms with van der Waals surface area (Å²) in [5.74, 6) is 1.46. The van der Waals surface area contributed by atoms with E-state index in [1.165, 1.54) is 57.1 Å². The van der Waals surface area contributed by atoms with Crippen molar-refractivity contribution in [2.75, 3.05) is 29.7 Å². The normalized spacial score (nSPS) is 17.6. The zero-order valence-corrected chi connectivity index (χ0v) is 19.1. The predicted molar refractivity (Wildman–Crippen MR) is 126 cm³/mol. The number of hydrogen-bond acceptors (Lipinski definition) is 3. The van der Waals surface area contributed by atoms with E-state index in [1.807, 2.05) is 24.3 Å². The van der Waals surface area contributed by atoms with Crippen LogP contribution in [0.25, 0.3) is 0 Å². The number of rotatable bonds is 13. The minimum atomic E-state index is -0.154. The Balaban J connectivity index is 1.87. The van der Waals surface area contributed by atoms with E-state index in [0.717, 1.165) is 25.2 Å². The molecule has 1 saturated carbocycles. The number of carbonyl (C=O) groups excluding carboxylic acids is 1. The Morgan fingerprint density at radius 1 is 1.10 bits per heavy atom. The van der Waals surface area contributed by atoms with Gasteiger partial charge in [-0.25, -0.2) is 5.43 Å². The molecule has 1 amide bonds. The van der Waals surface area contributed by atoms with E-state index in [9.17, 15) is 4.79 Å². The van der Waals surface area contributed by atoms with E-state index in [2.05, 4.69) is 22.4 Å². The van der Waals surface area contributed by atoms with Crippen molar-refractivity contribution in [3.8, 4) is 0 Å². The average Bonchev–Trinajstić information content (AvgIpc) is 3.19. The third kappa shape index (κ3) is 8.18. The summed E-state index contributed by atoms with van der Waals surface area (Å²) in [5.41, 5.74) is 5.58. The van der Waals surface area contributed by atoms with E-state index in [1.54, 1.807) is 0 Å². The lowest BCUT2D eigenvalue weighted by Gasteiger charge is -2.22. The van der Waals surface area contributed by atoms with Crippen molar-refractivity contribution in [1.82, 2.24) is 5.43 Å². The smallest absolute Gasteiger partial charge is 0.271 e. The third-order valence-corrected chi connectivity index (χ3v) is 5.96. The minimum Gasteiger partial charge on any atom is -0.369 e. The van der Waals surface area contributed by atoms with Gasteiger partial charge in [-0.1, -0.05) is 39.0 Å². The first-order valence-corrected chi connectivity index (χ1v) is 12.1. The molecular formula is C23H35Cl2N3O. The highest BCUT2D eigenvalue weighted by atomic mass is 35.5. The van der Waals surface area contributed by atoms with Crippen molar-refractivity contribution in [2.24, 2.45) is 11.0 Å². The molecule has 0 unspecified atom stereocenters. The molecule has 162 valence electrons. The molecule has 6 heteroatoms. The Hall–Kier alpha value is -1.26. The van der Waals surface area contributed by atoms with Crippen LogP contribution < -0.4 is 10.3 Å². The summed E-state index contributed by atoms with van der Waals surface area (Å²) in [5, 5.41) is 4.48. The van der Waals surface area contributed by atoms with Gasteiger partial charge in [0.15, 0.2) is 0 Å². The second-order valence-corrected chi connectivity index (χ2v) is 8.50. The fourth-order valence-corrected chi connectivity index (χ4v) is 4.35. The van der Waals surface area contributed by atoms with Gasteiger partial charge in [-0.15, -0.1) is 23.2 Å². The molecule has 0 aliphatic heterocycles. The van der Waals surface area contributed by atoms with Gasteiger partial charge >= 0.3 is 0 Å². The first kappa shape index (κ1) is 24.0. The highest BCUT2D eigenvalue weighted by Gasteiger charge is 2.22. The van der Waals surface area contributed by atoms with Crippen LogP contribution in [0.15, 0.2) is 29.4 Å². The van der Waals surface area contributed by atoms with Gasteiger partial charge in [-0.05, 0) is 55.9 Å². The summed E-state index contributed by atoms with van der Waals surface area (Å²) >= 11 is 11.7. The maximum absolute atomic E-state index is 12.5. The monoisotopic (exact) mass is 439 g/mol. The summed E-state index contributed by atoms with van der Waals surface area (Å²) in [6.07, 6.45) is 11.1. The molecule has 1 aromatic rings. The van der Waals surface area contributed by atoms with Crippen LogP contribution in [-0.4, -0.2) is 36.5 Å². The van der Waals surface area contributed by atoms with Crippen LogP contribution in [0.5, 0.6) is 0 Å². The van der Waals surface area contributed by atoms with E-state index in [0.29, 0.717) is 23.2 Å². The Morgan fingerprint density at radius 3 is 2.45 bits per heavy atom. The van der Waals surface area contributed by atoms with Crippen LogP contribution in [0.2, 0.25) is 0 Å². The van der Waals surface area contributed by atoms with Crippen molar-refractivity contribution >= 4 is 40.5 Å². The lowest BCUT2D eigenvalue weighted by Crippen LogP contribution is -2.27. The number of benzene rings is 1. The molecule has 1 aromatic carbocycles. The number of hydrogen-bond donors (Lipinski definition) is 1. The molecule has 0 bridgehead atoms. The van der Waals surface area contributed by atoms with Crippen molar-refractivity contribution in [2.45, 2.75) is 64.7 Å². The lowest BCUT2D eigenvalue weighted by molar-refractivity contribution is 0.0954. The molecule has 0 spiro atoms. The fraction of sp³-hybridized carbons (Fsp3) is 0.652. The van der Waals surface area contributed by atoms with E-state index in [4.69, 9.17) is 23.2 Å². The van der Waals surface area contributed by atoms with Crippen molar-refractivity contribution in [3.63, 3.8) is 0 Å². The largest absolute Gasteiger partial charge is 0.369 e. The van der Waals surface area contributed by atoms with Crippen molar-refractivity contribution < 1.29 is 4.79 Å². The molecular weight excluding hydrogens is 405 g/mol. The van der Waals surface area contributed by atoms with Gasteiger partial charge in [0.2, 0.25) is 0 Å². The second-order valence-electron chi connectivity index (χ2n) is 7.75. The van der Waals surface area contributed by atoms with E-state index >= 15 is 0 Å². The van der Waals surface area contributed by atoms with Gasteiger partial charge in [0, 0.05) is 41.8 Å². The minimum absolute atomic E-state index is 0.154. The summed E-state index contributed by atoms with van der Waals surface area (Å²) in [6.45, 7) is 3.70. The molecule has 1 fully saturated rings. The van der Waals surface area contributed by atoms with Crippen LogP contribution in [0.4, 0.5) is 5.69 Å². The SMILES string of the molecule is CCCCCCC[C@@H]1CCC/C1=N\NC(=O)c1ccc(N(CCCl)CCCl)cc1. The van der Waals surface area contributed by atoms with Crippen LogP contribution in [0.1, 0.15) is 75.1 Å². The maximum Gasteiger partial charge on any atom is 0.271 e. The molecule has 1 atom stereocenters. The van der Waals surface area contributed by atoms with Gasteiger partial charge in [0.25, 0.3) is 5.91 Å². The quantitative estimate of drug-likeness (QED) is 0.225. The van der Waals surface area contributed by atoms with Gasteiger partial charge in [-0.3, -0.25) is 4.79 Å². The number of amides is 1. The topological polar surface area (TPSA) is 44.7 Å². The zero-order chi connectivity index (χ0) is 20.9. The molecule has 4 nitrogen and oxygen atoms in total. The highest BCUT2D eigenvalue weighted by molar-refractivity contribution is 6.18. The Kier molecular flexibility index (Phi) is 11.5. The van der Waals surface area contributed by atoms with Crippen LogP contribution in [-0.2, 0) is 0 Å². The number of alkyl halides is 2. The summed E-state index contributed by atoms with van der Waals surface area (Å²) in [6, 6.07) is 7.55. The maximum atomic E-state index is 12.5. The molecule has 1 N–H and O–H groups in total. The van der Waals surface area contributed by atoms with Gasteiger partial charge in [0.05, 0.1) is 0 Å². The van der Waals surface area contributed by atoms with Gasteiger partial charge in [-0.2, -0.15) is 5.10 Å². The van der Waals surface area contributed by atoms with Gasteiger partial charge in [0.1, 0.15) is 0 Å². The van der Waals surface area contributed by atoms with Crippen LogP contribution in [0, 0.1) is 5.92 Å². The van der Waals surface area contributed by atoms with Crippen molar-refractivity contribution in [3.05, 3.63) is 29.8 Å². The number of anilines is 1. The number of unbranched alkanes of at least 4 members (excludes halogenated alkanes) is 4. The number of nitrogens with zero attached hydrogens (tertiary/aromatic N) is 2. The molecule has 2 rings (SSSR count). The lowest BCUT2D eigenvalue weighted by atomic mass is 9.98. The highest BCUT2D eigenvalue weighted by Crippen LogP contribution is 2.27. The number of nitrogens with one attached hydrogen (secondary N) is 1. The average molecular weight is 440 g/mol. The molecule has 0 aromatic heterocycles. The molecule has 0 saturated heterocycles. The second kappa shape index (κ2) is 13.9. The van der Waals surface area contributed by atoms with Crippen molar-refractivity contribution in [1.29, 1.82) is 0 Å². The number of hydrazone groups is 1.